The van der Waals surface area contributed by atoms with Gasteiger partial charge in [0.05, 0.1) is 18.3 Å². The summed E-state index contributed by atoms with van der Waals surface area (Å²) in [6.07, 6.45) is -4.79. The van der Waals surface area contributed by atoms with Crippen molar-refractivity contribution in [3.05, 3.63) is 29.3 Å². The lowest BCUT2D eigenvalue weighted by Crippen LogP contribution is -2.43. The number of ether oxygens (including phenoxy) is 2. The Morgan fingerprint density at radius 1 is 1.33 bits per heavy atom. The molecule has 0 bridgehead atoms. The molecule has 0 heterocycles. The van der Waals surface area contributed by atoms with Crippen LogP contribution in [0.15, 0.2) is 18.2 Å². The van der Waals surface area contributed by atoms with E-state index in [4.69, 9.17) is 15.2 Å². The van der Waals surface area contributed by atoms with E-state index in [0.29, 0.717) is 0 Å². The normalized spacial score (nSPS) is 12.5. The molecule has 0 saturated heterocycles. The van der Waals surface area contributed by atoms with E-state index in [1.807, 2.05) is 0 Å². The zero-order valence-corrected chi connectivity index (χ0v) is 14.5. The first-order valence-corrected chi connectivity index (χ1v) is 7.04. The van der Waals surface area contributed by atoms with Gasteiger partial charge in [-0.1, -0.05) is 6.07 Å². The molecule has 1 atom stereocenters. The van der Waals surface area contributed by atoms with Crippen LogP contribution in [-0.4, -0.2) is 31.8 Å². The summed E-state index contributed by atoms with van der Waals surface area (Å²) < 4.78 is 49.5. The summed E-state index contributed by atoms with van der Waals surface area (Å²) >= 11 is 0. The number of carbonyl (C=O) groups excluding carboxylic acids is 1. The number of nitrogens with two attached hydrogens (primary N) is 1. The average molecular weight is 371 g/mol. The van der Waals surface area contributed by atoms with E-state index in [1.54, 1.807) is 13.8 Å². The summed E-state index contributed by atoms with van der Waals surface area (Å²) in [5, 5.41) is 2.37. The highest BCUT2D eigenvalue weighted by Gasteiger charge is 2.34. The van der Waals surface area contributed by atoms with E-state index in [0.717, 1.165) is 6.07 Å². The molecule has 1 aromatic carbocycles. The van der Waals surface area contributed by atoms with Crippen LogP contribution in [0, 0.1) is 0 Å². The van der Waals surface area contributed by atoms with Crippen molar-refractivity contribution in [2.24, 2.45) is 5.73 Å². The smallest absolute Gasteiger partial charge is 0.416 e. The van der Waals surface area contributed by atoms with Crippen LogP contribution in [0.4, 0.5) is 13.2 Å². The number of carbonyl (C=O) groups is 1. The van der Waals surface area contributed by atoms with Crippen LogP contribution in [0.5, 0.6) is 5.75 Å². The van der Waals surface area contributed by atoms with Gasteiger partial charge in [-0.3, -0.25) is 4.79 Å². The van der Waals surface area contributed by atoms with Crippen LogP contribution in [0.25, 0.3) is 0 Å². The number of alkyl halides is 3. The van der Waals surface area contributed by atoms with Gasteiger partial charge in [0.2, 0.25) is 5.91 Å². The molecule has 1 rings (SSSR count). The van der Waals surface area contributed by atoms with Gasteiger partial charge in [-0.2, -0.15) is 13.2 Å². The zero-order chi connectivity index (χ0) is 17.6. The highest BCUT2D eigenvalue weighted by atomic mass is 35.5. The molecule has 0 aliphatic carbocycles. The summed E-state index contributed by atoms with van der Waals surface area (Å²) in [5.41, 5.74) is 4.60. The van der Waals surface area contributed by atoms with Crippen molar-refractivity contribution in [2.75, 3.05) is 13.7 Å². The van der Waals surface area contributed by atoms with E-state index in [2.05, 4.69) is 5.32 Å². The van der Waals surface area contributed by atoms with Gasteiger partial charge in [0.25, 0.3) is 0 Å². The SMILES string of the molecule is COCC(N)C(=O)NCc1ccc(OC(C)C)cc1C(F)(F)F.Cl. The number of nitrogens with one attached hydrogen (secondary N) is 1. The van der Waals surface area contributed by atoms with Gasteiger partial charge in [-0.25, -0.2) is 0 Å². The van der Waals surface area contributed by atoms with E-state index in [-0.39, 0.29) is 43.0 Å². The number of hydrogen-bond donors (Lipinski definition) is 2. The van der Waals surface area contributed by atoms with Crippen molar-refractivity contribution in [3.8, 4) is 5.75 Å². The van der Waals surface area contributed by atoms with Crippen molar-refractivity contribution < 1.29 is 27.4 Å². The maximum atomic E-state index is 13.2. The fraction of sp³-hybridized carbons (Fsp3) is 0.533. The first kappa shape index (κ1) is 22.5. The minimum atomic E-state index is -4.55. The molecule has 0 radical (unpaired) electrons. The molecular weight excluding hydrogens is 349 g/mol. The maximum Gasteiger partial charge on any atom is 0.416 e. The Labute approximate surface area is 145 Å². The quantitative estimate of drug-likeness (QED) is 0.773. The van der Waals surface area contributed by atoms with Gasteiger partial charge in [0, 0.05) is 13.7 Å². The maximum absolute atomic E-state index is 13.2. The molecule has 24 heavy (non-hydrogen) atoms. The number of benzene rings is 1. The van der Waals surface area contributed by atoms with E-state index < -0.39 is 23.7 Å². The van der Waals surface area contributed by atoms with Crippen LogP contribution in [-0.2, 0) is 22.3 Å². The molecule has 138 valence electrons. The number of halogens is 4. The summed E-state index contributed by atoms with van der Waals surface area (Å²) in [4.78, 5) is 11.7. The van der Waals surface area contributed by atoms with Crippen molar-refractivity contribution in [1.82, 2.24) is 5.32 Å². The fourth-order valence-electron chi connectivity index (χ4n) is 1.89. The van der Waals surface area contributed by atoms with Gasteiger partial charge in [0.1, 0.15) is 11.8 Å². The molecule has 0 aliphatic rings. The largest absolute Gasteiger partial charge is 0.491 e. The summed E-state index contributed by atoms with van der Waals surface area (Å²) in [6.45, 7) is 3.14. The molecule has 0 spiro atoms. The lowest BCUT2D eigenvalue weighted by atomic mass is 10.1. The molecule has 0 fully saturated rings. The zero-order valence-electron chi connectivity index (χ0n) is 13.6. The molecule has 1 unspecified atom stereocenters. The minimum Gasteiger partial charge on any atom is -0.491 e. The Morgan fingerprint density at radius 2 is 1.96 bits per heavy atom. The van der Waals surface area contributed by atoms with E-state index >= 15 is 0 Å². The first-order chi connectivity index (χ1) is 10.6. The molecule has 9 heteroatoms. The second kappa shape index (κ2) is 9.71. The minimum absolute atomic E-state index is 0. The highest BCUT2D eigenvalue weighted by molar-refractivity contribution is 5.85. The molecule has 3 N–H and O–H groups in total. The Hall–Kier alpha value is -1.51. The number of amides is 1. The van der Waals surface area contributed by atoms with Crippen LogP contribution >= 0.6 is 12.4 Å². The van der Waals surface area contributed by atoms with Gasteiger partial charge in [0.15, 0.2) is 0 Å². The van der Waals surface area contributed by atoms with Crippen molar-refractivity contribution in [3.63, 3.8) is 0 Å². The summed E-state index contributed by atoms with van der Waals surface area (Å²) in [5.74, 6) is -0.457. The van der Waals surface area contributed by atoms with Crippen molar-refractivity contribution >= 4 is 18.3 Å². The first-order valence-electron chi connectivity index (χ1n) is 7.04. The topological polar surface area (TPSA) is 73.6 Å². The molecule has 0 aromatic heterocycles. The van der Waals surface area contributed by atoms with E-state index in [1.165, 1.54) is 19.2 Å². The third-order valence-electron chi connectivity index (χ3n) is 2.89. The van der Waals surface area contributed by atoms with Gasteiger partial charge < -0.3 is 20.5 Å². The van der Waals surface area contributed by atoms with Crippen LogP contribution in [0.3, 0.4) is 0 Å². The monoisotopic (exact) mass is 370 g/mol. The molecule has 0 aliphatic heterocycles. The molecule has 1 aromatic rings. The third-order valence-corrected chi connectivity index (χ3v) is 2.89. The van der Waals surface area contributed by atoms with Crippen molar-refractivity contribution in [2.45, 2.75) is 38.7 Å². The Bertz CT molecular complexity index is 539. The standard InChI is InChI=1S/C15H21F3N2O3.ClH/c1-9(2)23-11-5-4-10(12(6-11)15(16,17)18)7-20-14(21)13(19)8-22-3;/h4-6,9,13H,7-8,19H2,1-3H3,(H,20,21);1H. The second-order valence-corrected chi connectivity index (χ2v) is 5.26. The molecule has 0 saturated carbocycles. The summed E-state index contributed by atoms with van der Waals surface area (Å²) in [7, 11) is 1.38. The predicted molar refractivity (Wildman–Crippen MR) is 86.2 cm³/mol. The second-order valence-electron chi connectivity index (χ2n) is 5.26. The third kappa shape index (κ3) is 6.94. The van der Waals surface area contributed by atoms with Gasteiger partial charge in [-0.15, -0.1) is 12.4 Å². The number of methoxy groups -OCH3 is 1. The van der Waals surface area contributed by atoms with Crippen LogP contribution in [0.1, 0.15) is 25.0 Å². The molecule has 1 amide bonds. The summed E-state index contributed by atoms with van der Waals surface area (Å²) in [6, 6.07) is 2.71. The Morgan fingerprint density at radius 3 is 2.46 bits per heavy atom. The van der Waals surface area contributed by atoms with Crippen LogP contribution in [0.2, 0.25) is 0 Å². The van der Waals surface area contributed by atoms with Crippen LogP contribution < -0.4 is 15.8 Å². The van der Waals surface area contributed by atoms with Gasteiger partial charge >= 0.3 is 6.18 Å². The predicted octanol–water partition coefficient (Wildman–Crippen LogP) is 2.50. The number of rotatable bonds is 7. The lowest BCUT2D eigenvalue weighted by Gasteiger charge is -2.17. The highest BCUT2D eigenvalue weighted by Crippen LogP contribution is 2.34. The molecule has 5 nitrogen and oxygen atoms in total. The van der Waals surface area contributed by atoms with Crippen molar-refractivity contribution in [1.29, 1.82) is 0 Å². The molecular formula is C15H22ClF3N2O3. The number of hydrogen-bond acceptors (Lipinski definition) is 4. The lowest BCUT2D eigenvalue weighted by molar-refractivity contribution is -0.138. The fourth-order valence-corrected chi connectivity index (χ4v) is 1.89. The Kier molecular flexibility index (Phi) is 9.09. The van der Waals surface area contributed by atoms with Gasteiger partial charge in [-0.05, 0) is 31.5 Å². The average Bonchev–Trinajstić information content (AvgIpc) is 2.44. The van der Waals surface area contributed by atoms with E-state index in [9.17, 15) is 18.0 Å². The Balaban J connectivity index is 0.00000529.